The van der Waals surface area contributed by atoms with Crippen LogP contribution in [0.25, 0.3) is 0 Å². The maximum Gasteiger partial charge on any atom is 0.239 e. The van der Waals surface area contributed by atoms with Crippen LogP contribution in [0.3, 0.4) is 0 Å². The number of aromatic nitrogens is 1. The third-order valence-electron chi connectivity index (χ3n) is 4.09. The normalized spacial score (nSPS) is 15.5. The lowest BCUT2D eigenvalue weighted by Crippen LogP contribution is -2.45. The molecular weight excluding hydrogens is 421 g/mol. The number of halogens is 1. The summed E-state index contributed by atoms with van der Waals surface area (Å²) in [7, 11) is 1.67. The number of hydrogen-bond donors (Lipinski definition) is 3. The van der Waals surface area contributed by atoms with Gasteiger partial charge in [-0.2, -0.15) is 0 Å². The molecule has 0 aromatic carbocycles. The SMILES string of the molecule is CN=C(NCC(=O)NC1CCCCC1)NCc1nc(C)c(C)o1.I. The third kappa shape index (κ3) is 6.66. The van der Waals surface area contributed by atoms with Crippen LogP contribution in [0, 0.1) is 13.8 Å². The molecule has 2 rings (SSSR count). The molecule has 0 saturated heterocycles. The van der Waals surface area contributed by atoms with Gasteiger partial charge in [-0.25, -0.2) is 4.98 Å². The van der Waals surface area contributed by atoms with Gasteiger partial charge in [0.2, 0.25) is 11.8 Å². The Balaban J connectivity index is 0.00000288. The second-order valence-corrected chi connectivity index (χ2v) is 5.93. The van der Waals surface area contributed by atoms with E-state index in [4.69, 9.17) is 4.42 Å². The van der Waals surface area contributed by atoms with Crippen LogP contribution in [0.15, 0.2) is 9.41 Å². The van der Waals surface area contributed by atoms with E-state index in [1.54, 1.807) is 7.05 Å². The number of carbonyl (C=O) groups is 1. The third-order valence-corrected chi connectivity index (χ3v) is 4.09. The summed E-state index contributed by atoms with van der Waals surface area (Å²) in [6, 6.07) is 0.325. The molecule has 0 unspecified atom stereocenters. The zero-order chi connectivity index (χ0) is 16.7. The fraction of sp³-hybridized carbons (Fsp3) is 0.688. The monoisotopic (exact) mass is 449 g/mol. The molecule has 1 fully saturated rings. The molecular formula is C16H28IN5O2. The summed E-state index contributed by atoms with van der Waals surface area (Å²) in [5, 5.41) is 9.16. The second kappa shape index (κ2) is 10.5. The van der Waals surface area contributed by atoms with Gasteiger partial charge in [0.1, 0.15) is 5.76 Å². The average Bonchev–Trinajstić information content (AvgIpc) is 2.87. The summed E-state index contributed by atoms with van der Waals surface area (Å²) in [5.41, 5.74) is 0.886. The van der Waals surface area contributed by atoms with Crippen LogP contribution in [0.5, 0.6) is 0 Å². The lowest BCUT2D eigenvalue weighted by atomic mass is 9.95. The van der Waals surface area contributed by atoms with Crippen LogP contribution in [0.2, 0.25) is 0 Å². The fourth-order valence-corrected chi connectivity index (χ4v) is 2.68. The Hall–Kier alpha value is -1.32. The van der Waals surface area contributed by atoms with E-state index < -0.39 is 0 Å². The Morgan fingerprint density at radius 1 is 1.25 bits per heavy atom. The highest BCUT2D eigenvalue weighted by Gasteiger charge is 2.15. The van der Waals surface area contributed by atoms with E-state index in [1.807, 2.05) is 13.8 Å². The number of rotatable bonds is 5. The molecule has 1 amide bonds. The molecule has 3 N–H and O–H groups in total. The smallest absolute Gasteiger partial charge is 0.239 e. The number of amides is 1. The first-order valence-electron chi connectivity index (χ1n) is 8.25. The number of oxazole rings is 1. The molecule has 1 heterocycles. The fourth-order valence-electron chi connectivity index (χ4n) is 2.68. The molecule has 0 bridgehead atoms. The lowest BCUT2D eigenvalue weighted by Gasteiger charge is -2.23. The summed E-state index contributed by atoms with van der Waals surface area (Å²) in [6.45, 7) is 4.43. The van der Waals surface area contributed by atoms with Crippen molar-refractivity contribution in [1.29, 1.82) is 0 Å². The van der Waals surface area contributed by atoms with Gasteiger partial charge in [0.05, 0.1) is 18.8 Å². The van der Waals surface area contributed by atoms with Crippen LogP contribution in [0.1, 0.15) is 49.4 Å². The summed E-state index contributed by atoms with van der Waals surface area (Å²) >= 11 is 0. The zero-order valence-corrected chi connectivity index (χ0v) is 17.0. The summed E-state index contributed by atoms with van der Waals surface area (Å²) in [6.07, 6.45) is 5.86. The quantitative estimate of drug-likeness (QED) is 0.364. The van der Waals surface area contributed by atoms with E-state index in [2.05, 4.69) is 25.9 Å². The van der Waals surface area contributed by atoms with E-state index >= 15 is 0 Å². The molecule has 7 nitrogen and oxygen atoms in total. The van der Waals surface area contributed by atoms with Crippen LogP contribution in [0.4, 0.5) is 0 Å². The first-order chi connectivity index (χ1) is 11.1. The molecule has 24 heavy (non-hydrogen) atoms. The van der Waals surface area contributed by atoms with Gasteiger partial charge in [-0.1, -0.05) is 19.3 Å². The predicted octanol–water partition coefficient (Wildman–Crippen LogP) is 2.02. The minimum Gasteiger partial charge on any atom is -0.444 e. The number of aryl methyl sites for hydroxylation is 2. The van der Waals surface area contributed by atoms with Crippen LogP contribution in [-0.2, 0) is 11.3 Å². The van der Waals surface area contributed by atoms with Gasteiger partial charge >= 0.3 is 0 Å². The van der Waals surface area contributed by atoms with Gasteiger partial charge in [-0.3, -0.25) is 9.79 Å². The molecule has 136 valence electrons. The van der Waals surface area contributed by atoms with E-state index in [0.29, 0.717) is 24.4 Å². The van der Waals surface area contributed by atoms with Crippen molar-refractivity contribution in [3.63, 3.8) is 0 Å². The second-order valence-electron chi connectivity index (χ2n) is 5.93. The molecule has 0 radical (unpaired) electrons. The van der Waals surface area contributed by atoms with Crippen molar-refractivity contribution in [3.05, 3.63) is 17.3 Å². The number of carbonyl (C=O) groups excluding carboxylic acids is 1. The Morgan fingerprint density at radius 2 is 1.96 bits per heavy atom. The minimum absolute atomic E-state index is 0. The van der Waals surface area contributed by atoms with E-state index in [9.17, 15) is 4.79 Å². The van der Waals surface area contributed by atoms with E-state index in [1.165, 1.54) is 19.3 Å². The van der Waals surface area contributed by atoms with Crippen molar-refractivity contribution >= 4 is 35.8 Å². The average molecular weight is 449 g/mol. The van der Waals surface area contributed by atoms with Gasteiger partial charge in [0.25, 0.3) is 0 Å². The van der Waals surface area contributed by atoms with Gasteiger partial charge < -0.3 is 20.4 Å². The highest BCUT2D eigenvalue weighted by Crippen LogP contribution is 2.17. The largest absolute Gasteiger partial charge is 0.444 e. The summed E-state index contributed by atoms with van der Waals surface area (Å²) in [5.74, 6) is 1.98. The van der Waals surface area contributed by atoms with Crippen molar-refractivity contribution in [2.45, 2.75) is 58.5 Å². The van der Waals surface area contributed by atoms with Crippen molar-refractivity contribution in [2.75, 3.05) is 13.6 Å². The highest BCUT2D eigenvalue weighted by atomic mass is 127. The Labute approximate surface area is 160 Å². The first-order valence-corrected chi connectivity index (χ1v) is 8.25. The lowest BCUT2D eigenvalue weighted by molar-refractivity contribution is -0.120. The number of hydrogen-bond acceptors (Lipinski definition) is 4. The Bertz CT molecular complexity index is 533. The molecule has 8 heteroatoms. The number of nitrogens with one attached hydrogen (secondary N) is 3. The predicted molar refractivity (Wildman–Crippen MR) is 105 cm³/mol. The van der Waals surface area contributed by atoms with Gasteiger partial charge in [-0.05, 0) is 26.7 Å². The van der Waals surface area contributed by atoms with Gasteiger partial charge in [0, 0.05) is 13.1 Å². The highest BCUT2D eigenvalue weighted by molar-refractivity contribution is 14.0. The molecule has 1 saturated carbocycles. The van der Waals surface area contributed by atoms with Crippen LogP contribution in [-0.4, -0.2) is 36.5 Å². The Morgan fingerprint density at radius 3 is 2.54 bits per heavy atom. The number of nitrogens with zero attached hydrogens (tertiary/aromatic N) is 2. The maximum atomic E-state index is 12.0. The molecule has 1 aliphatic carbocycles. The molecule has 1 aliphatic rings. The van der Waals surface area contributed by atoms with Crippen molar-refractivity contribution in [1.82, 2.24) is 20.9 Å². The maximum absolute atomic E-state index is 12.0. The van der Waals surface area contributed by atoms with Gasteiger partial charge in [-0.15, -0.1) is 24.0 Å². The zero-order valence-electron chi connectivity index (χ0n) is 14.6. The standard InChI is InChI=1S/C16H27N5O2.HI/c1-11-12(2)23-15(20-11)10-19-16(17-3)18-9-14(22)21-13-7-5-4-6-8-13;/h13H,4-10H2,1-3H3,(H,21,22)(H2,17,18,19);1H. The van der Waals surface area contributed by atoms with Gasteiger partial charge in [0.15, 0.2) is 5.96 Å². The molecule has 1 aromatic rings. The first kappa shape index (κ1) is 20.7. The molecule has 0 aliphatic heterocycles. The Kier molecular flexibility index (Phi) is 9.09. The minimum atomic E-state index is 0. The molecule has 1 aromatic heterocycles. The van der Waals surface area contributed by atoms with E-state index in [0.717, 1.165) is 24.3 Å². The van der Waals surface area contributed by atoms with Crippen LogP contribution >= 0.6 is 24.0 Å². The molecule has 0 atom stereocenters. The van der Waals surface area contributed by atoms with E-state index in [-0.39, 0.29) is 36.4 Å². The number of guanidine groups is 1. The van der Waals surface area contributed by atoms with Crippen molar-refractivity contribution < 1.29 is 9.21 Å². The summed E-state index contributed by atoms with van der Waals surface area (Å²) in [4.78, 5) is 20.4. The van der Waals surface area contributed by atoms with Crippen molar-refractivity contribution in [2.24, 2.45) is 4.99 Å². The summed E-state index contributed by atoms with van der Waals surface area (Å²) < 4.78 is 5.50. The van der Waals surface area contributed by atoms with Crippen LogP contribution < -0.4 is 16.0 Å². The molecule has 0 spiro atoms. The number of aliphatic imine (C=N–C) groups is 1. The van der Waals surface area contributed by atoms with Crippen molar-refractivity contribution in [3.8, 4) is 0 Å². The topological polar surface area (TPSA) is 91.5 Å².